The molecular weight excluding hydrogens is 284 g/mol. The predicted molar refractivity (Wildman–Crippen MR) is 99.6 cm³/mol. The van der Waals surface area contributed by atoms with Gasteiger partial charge in [-0.25, -0.2) is 0 Å². The molecule has 0 N–H and O–H groups in total. The maximum absolute atomic E-state index is 5.75. The molecule has 1 aliphatic rings. The average molecular weight is 323 g/mol. The summed E-state index contributed by atoms with van der Waals surface area (Å²) in [6.07, 6.45) is 14.1. The lowest BCUT2D eigenvalue weighted by molar-refractivity contribution is -0.258. The molecule has 2 nitrogen and oxygen atoms in total. The average Bonchev–Trinajstić information content (AvgIpc) is 2.47. The van der Waals surface area contributed by atoms with Crippen molar-refractivity contribution in [1.82, 2.24) is 0 Å². The molecule has 1 aliphatic heterocycles. The first-order valence-electron chi connectivity index (χ1n) is 9.50. The normalized spacial score (nSPS) is 19.4. The monoisotopic (exact) mass is 322 g/mol. The van der Waals surface area contributed by atoms with E-state index in [1.165, 1.54) is 37.7 Å². The van der Waals surface area contributed by atoms with Crippen LogP contribution in [0.25, 0.3) is 0 Å². The van der Waals surface area contributed by atoms with E-state index in [4.69, 9.17) is 9.47 Å². The largest absolute Gasteiger partial charge is 0.350 e. The van der Waals surface area contributed by atoms with Crippen molar-refractivity contribution in [3.05, 3.63) is 23.3 Å². The third-order valence-corrected chi connectivity index (χ3v) is 4.58. The zero-order valence-electron chi connectivity index (χ0n) is 16.1. The lowest BCUT2D eigenvalue weighted by Crippen LogP contribution is -2.37. The maximum Gasteiger partial charge on any atom is 0.165 e. The standard InChI is InChI=1S/C21H38O2/c1-18(2)10-6-11-19(3)12-7-13-20(4)14-8-15-21(5)22-16-9-17-23-21/h12,14,18H,6-11,13,15-17H2,1-5H3. The van der Waals surface area contributed by atoms with Gasteiger partial charge in [0.25, 0.3) is 0 Å². The number of hydrogen-bond donors (Lipinski definition) is 0. The fraction of sp³-hybridized carbons (Fsp3) is 0.810. The Labute approximate surface area is 144 Å². The molecular formula is C21H38O2. The molecule has 2 heteroatoms. The van der Waals surface area contributed by atoms with Gasteiger partial charge >= 0.3 is 0 Å². The summed E-state index contributed by atoms with van der Waals surface area (Å²) in [5.41, 5.74) is 3.03. The molecule has 0 amide bonds. The highest BCUT2D eigenvalue weighted by Crippen LogP contribution is 2.24. The molecule has 0 atom stereocenters. The summed E-state index contributed by atoms with van der Waals surface area (Å²) in [6, 6.07) is 0. The van der Waals surface area contributed by atoms with Crippen LogP contribution in [0.5, 0.6) is 0 Å². The van der Waals surface area contributed by atoms with Crippen molar-refractivity contribution in [3.8, 4) is 0 Å². The molecule has 0 aromatic heterocycles. The van der Waals surface area contributed by atoms with Gasteiger partial charge in [-0.15, -0.1) is 0 Å². The van der Waals surface area contributed by atoms with Crippen LogP contribution in [-0.4, -0.2) is 19.0 Å². The predicted octanol–water partition coefficient (Wildman–Crippen LogP) is 6.42. The van der Waals surface area contributed by atoms with Gasteiger partial charge in [0.15, 0.2) is 5.79 Å². The Hall–Kier alpha value is -0.600. The van der Waals surface area contributed by atoms with Crippen molar-refractivity contribution in [1.29, 1.82) is 0 Å². The lowest BCUT2D eigenvalue weighted by atomic mass is 10.0. The molecule has 1 heterocycles. The Bertz CT molecular complexity index is 373. The van der Waals surface area contributed by atoms with Crippen LogP contribution in [0.1, 0.15) is 86.0 Å². The fourth-order valence-corrected chi connectivity index (χ4v) is 2.94. The van der Waals surface area contributed by atoms with E-state index in [2.05, 4.69) is 46.8 Å². The third-order valence-electron chi connectivity index (χ3n) is 4.58. The van der Waals surface area contributed by atoms with Crippen molar-refractivity contribution in [2.75, 3.05) is 13.2 Å². The highest BCUT2D eigenvalue weighted by atomic mass is 16.7. The van der Waals surface area contributed by atoms with E-state index in [9.17, 15) is 0 Å². The Morgan fingerprint density at radius 3 is 2.26 bits per heavy atom. The zero-order valence-corrected chi connectivity index (χ0v) is 16.1. The second kappa shape index (κ2) is 11.0. The summed E-state index contributed by atoms with van der Waals surface area (Å²) in [7, 11) is 0. The van der Waals surface area contributed by atoms with E-state index < -0.39 is 0 Å². The molecule has 0 aromatic rings. The van der Waals surface area contributed by atoms with Crippen LogP contribution in [0, 0.1) is 5.92 Å². The van der Waals surface area contributed by atoms with Crippen LogP contribution in [0.15, 0.2) is 23.3 Å². The fourth-order valence-electron chi connectivity index (χ4n) is 2.94. The van der Waals surface area contributed by atoms with Gasteiger partial charge in [-0.3, -0.25) is 0 Å². The van der Waals surface area contributed by atoms with Crippen LogP contribution < -0.4 is 0 Å². The molecule has 1 fully saturated rings. The number of ether oxygens (including phenoxy) is 2. The minimum absolute atomic E-state index is 0.359. The number of rotatable bonds is 10. The zero-order chi connectivity index (χ0) is 17.1. The summed E-state index contributed by atoms with van der Waals surface area (Å²) in [4.78, 5) is 0. The summed E-state index contributed by atoms with van der Waals surface area (Å²) < 4.78 is 11.5. The molecule has 0 aliphatic carbocycles. The van der Waals surface area contributed by atoms with Gasteiger partial charge in [-0.1, -0.05) is 43.6 Å². The molecule has 1 saturated heterocycles. The third kappa shape index (κ3) is 9.99. The van der Waals surface area contributed by atoms with Crippen molar-refractivity contribution in [2.24, 2.45) is 5.92 Å². The van der Waals surface area contributed by atoms with Crippen molar-refractivity contribution in [3.63, 3.8) is 0 Å². The summed E-state index contributed by atoms with van der Waals surface area (Å²) >= 11 is 0. The summed E-state index contributed by atoms with van der Waals surface area (Å²) in [5, 5.41) is 0. The molecule has 23 heavy (non-hydrogen) atoms. The van der Waals surface area contributed by atoms with E-state index in [0.29, 0.717) is 0 Å². The smallest absolute Gasteiger partial charge is 0.165 e. The van der Waals surface area contributed by atoms with Gasteiger partial charge < -0.3 is 9.47 Å². The first kappa shape index (κ1) is 20.4. The van der Waals surface area contributed by atoms with Gasteiger partial charge in [0.1, 0.15) is 0 Å². The highest BCUT2D eigenvalue weighted by molar-refractivity contribution is 5.03. The van der Waals surface area contributed by atoms with Gasteiger partial charge in [0.05, 0.1) is 13.2 Å². The van der Waals surface area contributed by atoms with Crippen LogP contribution in [0.2, 0.25) is 0 Å². The van der Waals surface area contributed by atoms with Crippen LogP contribution in [0.4, 0.5) is 0 Å². The first-order valence-corrected chi connectivity index (χ1v) is 9.50. The summed E-state index contributed by atoms with van der Waals surface area (Å²) in [6.45, 7) is 12.9. The van der Waals surface area contributed by atoms with E-state index in [1.54, 1.807) is 5.57 Å². The quantitative estimate of drug-likeness (QED) is 0.432. The molecule has 0 saturated carbocycles. The Balaban J connectivity index is 2.18. The van der Waals surface area contributed by atoms with E-state index in [1.807, 2.05) is 0 Å². The van der Waals surface area contributed by atoms with Crippen LogP contribution in [-0.2, 0) is 9.47 Å². The molecule has 0 radical (unpaired) electrons. The molecule has 0 bridgehead atoms. The van der Waals surface area contributed by atoms with Gasteiger partial charge in [-0.05, 0) is 65.2 Å². The van der Waals surface area contributed by atoms with Crippen molar-refractivity contribution < 1.29 is 9.47 Å². The molecule has 0 spiro atoms. The topological polar surface area (TPSA) is 18.5 Å². The molecule has 0 unspecified atom stereocenters. The Morgan fingerprint density at radius 2 is 1.61 bits per heavy atom. The number of hydrogen-bond acceptors (Lipinski definition) is 2. The van der Waals surface area contributed by atoms with E-state index in [-0.39, 0.29) is 5.79 Å². The maximum atomic E-state index is 5.75. The van der Waals surface area contributed by atoms with Crippen molar-refractivity contribution in [2.45, 2.75) is 91.8 Å². The second-order valence-corrected chi connectivity index (χ2v) is 7.65. The first-order chi connectivity index (χ1) is 10.9. The second-order valence-electron chi connectivity index (χ2n) is 7.65. The number of allylic oxidation sites excluding steroid dienone is 4. The van der Waals surface area contributed by atoms with Gasteiger partial charge in [-0.2, -0.15) is 0 Å². The molecule has 1 rings (SSSR count). The van der Waals surface area contributed by atoms with Gasteiger partial charge in [0.2, 0.25) is 0 Å². The SMILES string of the molecule is CC(=CCCC1(C)OCCCO1)CCC=C(C)CCCC(C)C. The van der Waals surface area contributed by atoms with Gasteiger partial charge in [0, 0.05) is 6.42 Å². The Kier molecular flexibility index (Phi) is 9.81. The minimum Gasteiger partial charge on any atom is -0.350 e. The van der Waals surface area contributed by atoms with E-state index >= 15 is 0 Å². The van der Waals surface area contributed by atoms with E-state index in [0.717, 1.165) is 38.4 Å². The Morgan fingerprint density at radius 1 is 1.00 bits per heavy atom. The van der Waals surface area contributed by atoms with Crippen LogP contribution in [0.3, 0.4) is 0 Å². The molecule has 134 valence electrons. The van der Waals surface area contributed by atoms with Crippen LogP contribution >= 0.6 is 0 Å². The lowest BCUT2D eigenvalue weighted by Gasteiger charge is -2.33. The minimum atomic E-state index is -0.359. The van der Waals surface area contributed by atoms with Crippen molar-refractivity contribution >= 4 is 0 Å². The highest BCUT2D eigenvalue weighted by Gasteiger charge is 2.27. The summed E-state index contributed by atoms with van der Waals surface area (Å²) in [5.74, 6) is 0.467. The molecule has 0 aromatic carbocycles.